The van der Waals surface area contributed by atoms with Gasteiger partial charge in [-0.25, -0.2) is 4.39 Å². The summed E-state index contributed by atoms with van der Waals surface area (Å²) in [7, 11) is 4.57. The lowest BCUT2D eigenvalue weighted by atomic mass is 10.1. The lowest BCUT2D eigenvalue weighted by Crippen LogP contribution is -2.34. The number of benzene rings is 2. The van der Waals surface area contributed by atoms with Gasteiger partial charge in [-0.1, -0.05) is 6.07 Å². The molecule has 0 aliphatic rings. The van der Waals surface area contributed by atoms with Gasteiger partial charge in [0, 0.05) is 26.5 Å². The Morgan fingerprint density at radius 2 is 1.76 bits per heavy atom. The van der Waals surface area contributed by atoms with E-state index in [4.69, 9.17) is 19.5 Å². The second-order valence-electron chi connectivity index (χ2n) is 5.41. The molecule has 0 atom stereocenters. The molecule has 2 aromatic rings. The average molecular weight is 344 g/mol. The van der Waals surface area contributed by atoms with E-state index in [1.54, 1.807) is 32.4 Å². The number of hydrogen-bond donors (Lipinski definition) is 0. The molecular formula is C19H21FN2O3. The highest BCUT2D eigenvalue weighted by Crippen LogP contribution is 2.22. The zero-order chi connectivity index (χ0) is 18.2. The molecular weight excluding hydrogens is 323 g/mol. The first-order valence-corrected chi connectivity index (χ1v) is 7.74. The van der Waals surface area contributed by atoms with Crippen LogP contribution < -0.4 is 9.64 Å². The largest absolute Gasteiger partial charge is 0.494 e. The molecule has 0 amide bonds. The van der Waals surface area contributed by atoms with Crippen molar-refractivity contribution < 1.29 is 18.6 Å². The van der Waals surface area contributed by atoms with E-state index >= 15 is 0 Å². The van der Waals surface area contributed by atoms with E-state index in [9.17, 15) is 4.39 Å². The molecule has 0 aliphatic carbocycles. The van der Waals surface area contributed by atoms with Gasteiger partial charge >= 0.3 is 0 Å². The Balaban J connectivity index is 2.27. The molecule has 0 aliphatic heterocycles. The maximum absolute atomic E-state index is 14.0. The van der Waals surface area contributed by atoms with Crippen LogP contribution in [0.15, 0.2) is 42.5 Å². The molecule has 0 N–H and O–H groups in total. The number of methoxy groups -OCH3 is 3. The highest BCUT2D eigenvalue weighted by Gasteiger charge is 2.15. The summed E-state index contributed by atoms with van der Waals surface area (Å²) < 4.78 is 29.5. The third-order valence-corrected chi connectivity index (χ3v) is 3.85. The van der Waals surface area contributed by atoms with E-state index in [0.29, 0.717) is 18.7 Å². The molecule has 0 bridgehead atoms. The fraction of sp³-hybridized carbons (Fsp3) is 0.316. The molecule has 0 unspecified atom stereocenters. The van der Waals surface area contributed by atoms with E-state index in [-0.39, 0.29) is 5.75 Å². The first-order chi connectivity index (χ1) is 12.1. The topological polar surface area (TPSA) is 54.7 Å². The summed E-state index contributed by atoms with van der Waals surface area (Å²) in [6, 6.07) is 14.1. The van der Waals surface area contributed by atoms with Gasteiger partial charge in [0.25, 0.3) is 0 Å². The van der Waals surface area contributed by atoms with Crippen LogP contribution in [0.4, 0.5) is 10.1 Å². The maximum atomic E-state index is 14.0. The molecule has 0 saturated heterocycles. The van der Waals surface area contributed by atoms with Crippen molar-refractivity contribution in [1.29, 1.82) is 5.26 Å². The summed E-state index contributed by atoms with van der Waals surface area (Å²) in [6.45, 7) is 0.905. The van der Waals surface area contributed by atoms with Crippen LogP contribution in [0.1, 0.15) is 11.1 Å². The van der Waals surface area contributed by atoms with Crippen molar-refractivity contribution in [1.82, 2.24) is 0 Å². The highest BCUT2D eigenvalue weighted by molar-refractivity contribution is 5.50. The van der Waals surface area contributed by atoms with Crippen LogP contribution in [0.2, 0.25) is 0 Å². The molecule has 5 nitrogen and oxygen atoms in total. The molecule has 6 heteroatoms. The zero-order valence-corrected chi connectivity index (χ0v) is 14.5. The number of halogens is 1. The molecule has 132 valence electrons. The van der Waals surface area contributed by atoms with Crippen LogP contribution in [0.3, 0.4) is 0 Å². The summed E-state index contributed by atoms with van der Waals surface area (Å²) in [5.41, 5.74) is 2.25. The van der Waals surface area contributed by atoms with Gasteiger partial charge in [0.15, 0.2) is 17.9 Å². The average Bonchev–Trinajstić information content (AvgIpc) is 2.65. The lowest BCUT2D eigenvalue weighted by Gasteiger charge is -2.28. The van der Waals surface area contributed by atoms with Gasteiger partial charge in [0.1, 0.15) is 0 Å². The third kappa shape index (κ3) is 4.92. The fourth-order valence-corrected chi connectivity index (χ4v) is 2.46. The van der Waals surface area contributed by atoms with Crippen LogP contribution in [-0.4, -0.2) is 34.2 Å². The maximum Gasteiger partial charge on any atom is 0.174 e. The van der Waals surface area contributed by atoms with Crippen molar-refractivity contribution in [2.45, 2.75) is 12.8 Å². The van der Waals surface area contributed by atoms with Gasteiger partial charge in [-0.05, 0) is 42.0 Å². The quantitative estimate of drug-likeness (QED) is 0.688. The van der Waals surface area contributed by atoms with E-state index in [2.05, 4.69) is 6.07 Å². The van der Waals surface area contributed by atoms with Gasteiger partial charge in [-0.15, -0.1) is 0 Å². The summed E-state index contributed by atoms with van der Waals surface area (Å²) in [5.74, 6) is -0.199. The minimum atomic E-state index is -0.432. The number of rotatable bonds is 8. The van der Waals surface area contributed by atoms with Crippen molar-refractivity contribution in [2.75, 3.05) is 32.8 Å². The standard InChI is InChI=1S/C19H21FN2O3/c1-23-18-9-6-15(10-17(18)20)12-22(13-19(24-2)25-3)16-7-4-14(11-21)5-8-16/h4-10,19H,12-13H2,1-3H3. The second kappa shape index (κ2) is 9.02. The van der Waals surface area contributed by atoms with Gasteiger partial charge in [-0.2, -0.15) is 5.26 Å². The monoisotopic (exact) mass is 344 g/mol. The normalized spacial score (nSPS) is 10.6. The number of hydrogen-bond acceptors (Lipinski definition) is 5. The smallest absolute Gasteiger partial charge is 0.174 e. The highest BCUT2D eigenvalue weighted by atomic mass is 19.1. The van der Waals surface area contributed by atoms with Crippen LogP contribution >= 0.6 is 0 Å². The molecule has 0 radical (unpaired) electrons. The Morgan fingerprint density at radius 1 is 1.08 bits per heavy atom. The van der Waals surface area contributed by atoms with E-state index in [0.717, 1.165) is 11.3 Å². The van der Waals surface area contributed by atoms with Crippen molar-refractivity contribution in [3.05, 3.63) is 59.4 Å². The van der Waals surface area contributed by atoms with Gasteiger partial charge in [-0.3, -0.25) is 0 Å². The van der Waals surface area contributed by atoms with Gasteiger partial charge in [0.05, 0.1) is 25.3 Å². The lowest BCUT2D eigenvalue weighted by molar-refractivity contribution is -0.0951. The van der Waals surface area contributed by atoms with Crippen LogP contribution in [0.5, 0.6) is 5.75 Å². The van der Waals surface area contributed by atoms with E-state index in [1.807, 2.05) is 23.1 Å². The Bertz CT molecular complexity index is 724. The molecule has 2 rings (SSSR count). The number of nitriles is 1. The minimum Gasteiger partial charge on any atom is -0.494 e. The number of ether oxygens (including phenoxy) is 3. The first kappa shape index (κ1) is 18.7. The van der Waals surface area contributed by atoms with Crippen LogP contribution in [0.25, 0.3) is 0 Å². The van der Waals surface area contributed by atoms with Crippen molar-refractivity contribution >= 4 is 5.69 Å². The Labute approximate surface area is 147 Å². The summed E-state index contributed by atoms with van der Waals surface area (Å²) in [6.07, 6.45) is -0.432. The Kier molecular flexibility index (Phi) is 6.75. The van der Waals surface area contributed by atoms with Crippen molar-refractivity contribution in [2.24, 2.45) is 0 Å². The molecule has 0 heterocycles. The number of anilines is 1. The Hall–Kier alpha value is -2.62. The second-order valence-corrected chi connectivity index (χ2v) is 5.41. The molecule has 0 fully saturated rings. The molecule has 2 aromatic carbocycles. The fourth-order valence-electron chi connectivity index (χ4n) is 2.46. The van der Waals surface area contributed by atoms with Crippen molar-refractivity contribution in [3.8, 4) is 11.8 Å². The van der Waals surface area contributed by atoms with E-state index in [1.165, 1.54) is 13.2 Å². The Morgan fingerprint density at radius 3 is 2.28 bits per heavy atom. The van der Waals surface area contributed by atoms with Crippen LogP contribution in [-0.2, 0) is 16.0 Å². The zero-order valence-electron chi connectivity index (χ0n) is 14.5. The SMILES string of the molecule is COc1ccc(CN(CC(OC)OC)c2ccc(C#N)cc2)cc1F. The molecule has 0 saturated carbocycles. The minimum absolute atomic E-state index is 0.209. The summed E-state index contributed by atoms with van der Waals surface area (Å²) in [5, 5.41) is 8.95. The number of nitrogens with zero attached hydrogens (tertiary/aromatic N) is 2. The predicted octanol–water partition coefficient (Wildman–Crippen LogP) is 3.33. The van der Waals surface area contributed by atoms with Crippen LogP contribution in [0, 0.1) is 17.1 Å². The van der Waals surface area contributed by atoms with E-state index < -0.39 is 12.1 Å². The third-order valence-electron chi connectivity index (χ3n) is 3.85. The van der Waals surface area contributed by atoms with Crippen molar-refractivity contribution in [3.63, 3.8) is 0 Å². The van der Waals surface area contributed by atoms with Gasteiger partial charge < -0.3 is 19.1 Å². The molecule has 0 spiro atoms. The first-order valence-electron chi connectivity index (χ1n) is 7.74. The summed E-state index contributed by atoms with van der Waals surface area (Å²) >= 11 is 0. The van der Waals surface area contributed by atoms with Gasteiger partial charge in [0.2, 0.25) is 0 Å². The molecule has 0 aromatic heterocycles. The summed E-state index contributed by atoms with van der Waals surface area (Å²) in [4.78, 5) is 2.00. The predicted molar refractivity (Wildman–Crippen MR) is 93.0 cm³/mol. The molecule has 25 heavy (non-hydrogen) atoms.